The van der Waals surface area contributed by atoms with Gasteiger partial charge in [-0.3, -0.25) is 4.79 Å². The van der Waals surface area contributed by atoms with Gasteiger partial charge in [-0.05, 0) is 37.4 Å². The lowest BCUT2D eigenvalue weighted by molar-refractivity contribution is -0.153. The second-order valence-electron chi connectivity index (χ2n) is 8.46. The Balaban J connectivity index is 4.50. The van der Waals surface area contributed by atoms with Gasteiger partial charge in [-0.15, -0.1) is 0 Å². The molecule has 0 rings (SSSR count). The summed E-state index contributed by atoms with van der Waals surface area (Å²) in [6, 6.07) is 0. The van der Waals surface area contributed by atoms with Crippen molar-refractivity contribution in [2.75, 3.05) is 13.2 Å². The first-order valence-corrected chi connectivity index (χ1v) is 11.0. The van der Waals surface area contributed by atoms with Crippen LogP contribution in [-0.4, -0.2) is 38.7 Å². The summed E-state index contributed by atoms with van der Waals surface area (Å²) in [6.07, 6.45) is -0.175. The Morgan fingerprint density at radius 1 is 1.00 bits per heavy atom. The van der Waals surface area contributed by atoms with Crippen molar-refractivity contribution in [1.82, 2.24) is 0 Å². The molecular weight excluding hydrogens is 308 g/mol. The van der Waals surface area contributed by atoms with E-state index in [1.54, 1.807) is 0 Å². The molecule has 0 unspecified atom stereocenters. The summed E-state index contributed by atoms with van der Waals surface area (Å²) in [5.41, 5.74) is 0.978. The lowest BCUT2D eigenvalue weighted by Crippen LogP contribution is -2.49. The molecule has 0 aromatic rings. The number of hydrogen-bond acceptors (Lipinski definition) is 4. The van der Waals surface area contributed by atoms with Crippen LogP contribution in [0.2, 0.25) is 16.6 Å². The maximum absolute atomic E-state index is 11.7. The maximum Gasteiger partial charge on any atom is 0.311 e. The smallest absolute Gasteiger partial charge is 0.311 e. The predicted octanol–water partition coefficient (Wildman–Crippen LogP) is 4.52. The summed E-state index contributed by atoms with van der Waals surface area (Å²) < 4.78 is 11.6. The maximum atomic E-state index is 11.7. The van der Waals surface area contributed by atoms with Crippen LogP contribution in [0.1, 0.15) is 68.7 Å². The Kier molecular flexibility index (Phi) is 9.03. The van der Waals surface area contributed by atoms with Gasteiger partial charge in [0.15, 0.2) is 8.32 Å². The largest absolute Gasteiger partial charge is 0.465 e. The molecule has 0 aromatic heterocycles. The van der Waals surface area contributed by atoms with Gasteiger partial charge in [0.1, 0.15) is 0 Å². The Hall–Kier alpha value is -0.393. The van der Waals surface area contributed by atoms with Gasteiger partial charge in [0.25, 0.3) is 0 Å². The standard InChI is InChI=1S/C18H38O4Si/c1-13(2)23(14(3)4,15(5)6)22-12-16(19)10-11-21-17(20)18(7,8)9/h13-16,19H,10-12H2,1-9H3/t16-/m0/s1. The molecule has 0 bridgehead atoms. The Morgan fingerprint density at radius 3 is 1.78 bits per heavy atom. The summed E-state index contributed by atoms with van der Waals surface area (Å²) in [7, 11) is -1.95. The van der Waals surface area contributed by atoms with Gasteiger partial charge in [0, 0.05) is 6.42 Å². The molecule has 0 fully saturated rings. The molecule has 0 saturated carbocycles. The monoisotopic (exact) mass is 346 g/mol. The van der Waals surface area contributed by atoms with Crippen LogP contribution in [0.25, 0.3) is 0 Å². The highest BCUT2D eigenvalue weighted by Gasteiger charge is 2.45. The number of aliphatic hydroxyl groups excluding tert-OH is 1. The van der Waals surface area contributed by atoms with E-state index in [0.29, 0.717) is 29.7 Å². The van der Waals surface area contributed by atoms with E-state index in [4.69, 9.17) is 9.16 Å². The van der Waals surface area contributed by atoms with E-state index in [1.807, 2.05) is 20.8 Å². The average molecular weight is 347 g/mol. The number of ether oxygens (including phenoxy) is 1. The average Bonchev–Trinajstić information content (AvgIpc) is 2.36. The van der Waals surface area contributed by atoms with Crippen molar-refractivity contribution < 1.29 is 19.1 Å². The highest BCUT2D eigenvalue weighted by Crippen LogP contribution is 2.42. The first kappa shape index (κ1) is 22.6. The number of aliphatic hydroxyl groups is 1. The molecule has 23 heavy (non-hydrogen) atoms. The van der Waals surface area contributed by atoms with Crippen LogP contribution in [0.15, 0.2) is 0 Å². The van der Waals surface area contributed by atoms with Crippen molar-refractivity contribution in [2.45, 2.75) is 91.5 Å². The van der Waals surface area contributed by atoms with E-state index in [9.17, 15) is 9.90 Å². The van der Waals surface area contributed by atoms with Crippen molar-refractivity contribution in [3.8, 4) is 0 Å². The van der Waals surface area contributed by atoms with Crippen LogP contribution in [0.4, 0.5) is 0 Å². The minimum Gasteiger partial charge on any atom is -0.465 e. The van der Waals surface area contributed by atoms with E-state index >= 15 is 0 Å². The lowest BCUT2D eigenvalue weighted by Gasteiger charge is -2.42. The fourth-order valence-electron chi connectivity index (χ4n) is 3.33. The summed E-state index contributed by atoms with van der Waals surface area (Å²) in [4.78, 5) is 11.7. The van der Waals surface area contributed by atoms with Crippen LogP contribution in [0, 0.1) is 5.41 Å². The third-order valence-corrected chi connectivity index (χ3v) is 10.6. The van der Waals surface area contributed by atoms with Crippen LogP contribution in [-0.2, 0) is 14.0 Å². The zero-order valence-corrected chi connectivity index (χ0v) is 17.6. The predicted molar refractivity (Wildman–Crippen MR) is 98.0 cm³/mol. The molecule has 1 N–H and O–H groups in total. The first-order valence-electron chi connectivity index (χ1n) is 8.84. The number of rotatable bonds is 9. The number of carbonyl (C=O) groups excluding carboxylic acids is 1. The normalized spacial score (nSPS) is 14.7. The fourth-order valence-corrected chi connectivity index (χ4v) is 8.81. The van der Waals surface area contributed by atoms with Crippen molar-refractivity contribution in [2.24, 2.45) is 5.41 Å². The van der Waals surface area contributed by atoms with Gasteiger partial charge in [0.2, 0.25) is 0 Å². The fraction of sp³-hybridized carbons (Fsp3) is 0.944. The van der Waals surface area contributed by atoms with E-state index in [-0.39, 0.29) is 12.6 Å². The molecule has 138 valence electrons. The van der Waals surface area contributed by atoms with Crippen LogP contribution >= 0.6 is 0 Å². The molecule has 0 aliphatic rings. The summed E-state index contributed by atoms with van der Waals surface area (Å²) >= 11 is 0. The van der Waals surface area contributed by atoms with Gasteiger partial charge < -0.3 is 14.3 Å². The molecule has 0 heterocycles. The number of esters is 1. The van der Waals surface area contributed by atoms with Gasteiger partial charge in [-0.25, -0.2) is 0 Å². The molecule has 4 nitrogen and oxygen atoms in total. The highest BCUT2D eigenvalue weighted by molar-refractivity contribution is 6.77. The van der Waals surface area contributed by atoms with Crippen molar-refractivity contribution in [1.29, 1.82) is 0 Å². The molecule has 0 amide bonds. The molecule has 0 aromatic carbocycles. The molecule has 0 aliphatic heterocycles. The molecule has 0 spiro atoms. The molecule has 0 radical (unpaired) electrons. The highest BCUT2D eigenvalue weighted by atomic mass is 28.4. The quantitative estimate of drug-likeness (QED) is 0.492. The Labute approximate surface area is 144 Å². The topological polar surface area (TPSA) is 55.8 Å². The molecule has 0 saturated heterocycles. The molecule has 0 aliphatic carbocycles. The van der Waals surface area contributed by atoms with Crippen molar-refractivity contribution in [3.05, 3.63) is 0 Å². The van der Waals surface area contributed by atoms with Crippen LogP contribution in [0.5, 0.6) is 0 Å². The van der Waals surface area contributed by atoms with Crippen molar-refractivity contribution >= 4 is 14.3 Å². The molecule has 1 atom stereocenters. The Bertz CT molecular complexity index is 337. The van der Waals surface area contributed by atoms with Gasteiger partial charge in [-0.2, -0.15) is 0 Å². The third kappa shape index (κ3) is 6.55. The van der Waals surface area contributed by atoms with Gasteiger partial charge in [0.05, 0.1) is 24.7 Å². The van der Waals surface area contributed by atoms with Crippen molar-refractivity contribution in [3.63, 3.8) is 0 Å². The second kappa shape index (κ2) is 9.18. The summed E-state index contributed by atoms with van der Waals surface area (Å²) in [5, 5.41) is 10.2. The third-order valence-electron chi connectivity index (χ3n) is 4.53. The minimum absolute atomic E-state index is 0.235. The zero-order valence-electron chi connectivity index (χ0n) is 16.6. The van der Waals surface area contributed by atoms with E-state index in [0.717, 1.165) is 0 Å². The summed E-state index contributed by atoms with van der Waals surface area (Å²) in [5.74, 6) is -0.235. The van der Waals surface area contributed by atoms with E-state index in [1.165, 1.54) is 0 Å². The van der Waals surface area contributed by atoms with Gasteiger partial charge >= 0.3 is 5.97 Å². The molecular formula is C18H38O4Si. The first-order chi connectivity index (χ1) is 10.4. The Morgan fingerprint density at radius 2 is 1.43 bits per heavy atom. The van der Waals surface area contributed by atoms with Gasteiger partial charge in [-0.1, -0.05) is 41.5 Å². The second-order valence-corrected chi connectivity index (χ2v) is 13.9. The SMILES string of the molecule is CC(C)[Si](OC[C@@H](O)CCOC(=O)C(C)(C)C)(C(C)C)C(C)C. The minimum atomic E-state index is -1.95. The van der Waals surface area contributed by atoms with Crippen LogP contribution in [0.3, 0.4) is 0 Å². The number of hydrogen-bond donors (Lipinski definition) is 1. The van der Waals surface area contributed by atoms with E-state index in [2.05, 4.69) is 41.5 Å². The zero-order chi connectivity index (χ0) is 18.4. The summed E-state index contributed by atoms with van der Waals surface area (Å²) in [6.45, 7) is 19.4. The molecule has 5 heteroatoms. The number of carbonyl (C=O) groups is 1. The van der Waals surface area contributed by atoms with E-state index < -0.39 is 19.8 Å². The van der Waals surface area contributed by atoms with Crippen LogP contribution < -0.4 is 0 Å². The lowest BCUT2D eigenvalue weighted by atomic mass is 9.97.